The molecule has 0 fully saturated rings. The van der Waals surface area contributed by atoms with Crippen molar-refractivity contribution in [2.75, 3.05) is 0 Å². The highest BCUT2D eigenvalue weighted by Crippen LogP contribution is 2.26. The Labute approximate surface area is 82.7 Å². The molecule has 14 heavy (non-hydrogen) atoms. The van der Waals surface area contributed by atoms with Gasteiger partial charge in [0.05, 0.1) is 0 Å². The van der Waals surface area contributed by atoms with Gasteiger partial charge in [0, 0.05) is 0 Å². The second-order valence-electron chi connectivity index (χ2n) is 3.22. The van der Waals surface area contributed by atoms with E-state index in [9.17, 15) is 13.2 Å². The largest absolute Gasteiger partial charge is 0.410 e. The Hall–Kier alpha value is -0.800. The molecule has 0 saturated carbocycles. The fourth-order valence-electron chi connectivity index (χ4n) is 0.990. The molecule has 0 saturated heterocycles. The van der Waals surface area contributed by atoms with E-state index < -0.39 is 12.2 Å². The van der Waals surface area contributed by atoms with E-state index >= 15 is 0 Å². The number of hydrogen-bond donors (Lipinski definition) is 0. The maximum absolute atomic E-state index is 12.2. The number of aliphatic imine (C=N–C) groups is 1. The number of nitrogens with zero attached hydrogens (tertiary/aromatic N) is 1. The monoisotopic (exact) mass is 207 g/mol. The van der Waals surface area contributed by atoms with Crippen molar-refractivity contribution in [1.29, 1.82) is 0 Å². The molecule has 0 radical (unpaired) electrons. The van der Waals surface area contributed by atoms with Crippen molar-refractivity contribution in [3.05, 3.63) is 11.6 Å². The molecule has 0 aliphatic carbocycles. The van der Waals surface area contributed by atoms with Gasteiger partial charge in [-0.2, -0.15) is 13.2 Å². The molecule has 0 spiro atoms. The first-order valence-corrected chi connectivity index (χ1v) is 4.60. The number of allylic oxidation sites excluding steroid dienone is 2. The zero-order valence-corrected chi connectivity index (χ0v) is 8.56. The summed E-state index contributed by atoms with van der Waals surface area (Å²) in [5.74, 6) is 0. The van der Waals surface area contributed by atoms with Crippen LogP contribution in [0, 0.1) is 0 Å². The highest BCUT2D eigenvalue weighted by atomic mass is 19.4. The molecule has 0 N–H and O–H groups in total. The first kappa shape index (κ1) is 13.2. The SMILES string of the molecule is C=NC(CC/C=C(/C)CC)C(F)(F)F. The summed E-state index contributed by atoms with van der Waals surface area (Å²) in [6.07, 6.45) is -1.16. The van der Waals surface area contributed by atoms with Gasteiger partial charge in [0.25, 0.3) is 0 Å². The van der Waals surface area contributed by atoms with Crippen LogP contribution >= 0.6 is 0 Å². The predicted octanol–water partition coefficient (Wildman–Crippen LogP) is 3.75. The van der Waals surface area contributed by atoms with Crippen LogP contribution in [0.25, 0.3) is 0 Å². The van der Waals surface area contributed by atoms with Gasteiger partial charge in [-0.05, 0) is 32.9 Å². The molecule has 1 atom stereocenters. The predicted molar refractivity (Wildman–Crippen MR) is 52.7 cm³/mol. The summed E-state index contributed by atoms with van der Waals surface area (Å²) in [6, 6.07) is -1.62. The lowest BCUT2D eigenvalue weighted by molar-refractivity contribution is -0.147. The van der Waals surface area contributed by atoms with E-state index in [0.717, 1.165) is 12.0 Å². The van der Waals surface area contributed by atoms with Gasteiger partial charge in [-0.3, -0.25) is 4.99 Å². The molecular weight excluding hydrogens is 191 g/mol. The Bertz CT molecular complexity index is 206. The summed E-state index contributed by atoms with van der Waals surface area (Å²) in [5.41, 5.74) is 1.11. The average molecular weight is 207 g/mol. The minimum atomic E-state index is -4.25. The van der Waals surface area contributed by atoms with Crippen LogP contribution in [0.1, 0.15) is 33.1 Å². The van der Waals surface area contributed by atoms with Crippen LogP contribution in [0.15, 0.2) is 16.6 Å². The molecule has 4 heteroatoms. The minimum absolute atomic E-state index is 0.00958. The van der Waals surface area contributed by atoms with Crippen molar-refractivity contribution < 1.29 is 13.2 Å². The summed E-state index contributed by atoms with van der Waals surface area (Å²) in [6.45, 7) is 6.83. The van der Waals surface area contributed by atoms with Gasteiger partial charge >= 0.3 is 6.18 Å². The lowest BCUT2D eigenvalue weighted by Gasteiger charge is -2.14. The van der Waals surface area contributed by atoms with Crippen molar-refractivity contribution in [2.24, 2.45) is 4.99 Å². The molecular formula is C10H16F3N. The molecule has 0 bridgehead atoms. The van der Waals surface area contributed by atoms with Gasteiger partial charge in [-0.15, -0.1) is 0 Å². The van der Waals surface area contributed by atoms with Gasteiger partial charge in [0.15, 0.2) is 0 Å². The van der Waals surface area contributed by atoms with E-state index in [1.54, 1.807) is 0 Å². The van der Waals surface area contributed by atoms with Gasteiger partial charge in [0.2, 0.25) is 0 Å². The first-order chi connectivity index (χ1) is 6.41. The van der Waals surface area contributed by atoms with Crippen LogP contribution in [0.3, 0.4) is 0 Å². The van der Waals surface area contributed by atoms with E-state index in [0.29, 0.717) is 6.42 Å². The van der Waals surface area contributed by atoms with Gasteiger partial charge in [-0.1, -0.05) is 18.6 Å². The second kappa shape index (κ2) is 5.83. The lowest BCUT2D eigenvalue weighted by atomic mass is 10.1. The maximum atomic E-state index is 12.2. The molecule has 1 unspecified atom stereocenters. The standard InChI is InChI=1S/C10H16F3N/c1-4-8(2)6-5-7-9(14-3)10(11,12)13/h6,9H,3-5,7H2,1-2H3/b8-6-. The molecule has 0 amide bonds. The van der Waals surface area contributed by atoms with Gasteiger partial charge in [-0.25, -0.2) is 0 Å². The number of hydrogen-bond acceptors (Lipinski definition) is 1. The highest BCUT2D eigenvalue weighted by molar-refractivity contribution is 5.24. The molecule has 0 heterocycles. The van der Waals surface area contributed by atoms with Crippen molar-refractivity contribution in [2.45, 2.75) is 45.3 Å². The molecule has 1 nitrogen and oxygen atoms in total. The highest BCUT2D eigenvalue weighted by Gasteiger charge is 2.37. The topological polar surface area (TPSA) is 12.4 Å². The fraction of sp³-hybridized carbons (Fsp3) is 0.700. The molecule has 0 aromatic carbocycles. The van der Waals surface area contributed by atoms with Crippen LogP contribution < -0.4 is 0 Å². The first-order valence-electron chi connectivity index (χ1n) is 4.60. The Morgan fingerprint density at radius 1 is 1.50 bits per heavy atom. The fourth-order valence-corrected chi connectivity index (χ4v) is 0.990. The van der Waals surface area contributed by atoms with E-state index in [2.05, 4.69) is 11.7 Å². The summed E-state index contributed by atoms with van der Waals surface area (Å²) in [7, 11) is 0. The van der Waals surface area contributed by atoms with Crippen LogP contribution in [0.5, 0.6) is 0 Å². The number of alkyl halides is 3. The molecule has 0 aliphatic rings. The third kappa shape index (κ3) is 5.04. The zero-order chi connectivity index (χ0) is 11.2. The third-order valence-electron chi connectivity index (χ3n) is 2.09. The lowest BCUT2D eigenvalue weighted by Crippen LogP contribution is -2.26. The summed E-state index contributed by atoms with van der Waals surface area (Å²) in [5, 5.41) is 0. The van der Waals surface area contributed by atoms with Crippen molar-refractivity contribution in [3.63, 3.8) is 0 Å². The minimum Gasteiger partial charge on any atom is -0.288 e. The van der Waals surface area contributed by atoms with Crippen molar-refractivity contribution in [1.82, 2.24) is 0 Å². The zero-order valence-electron chi connectivity index (χ0n) is 8.56. The van der Waals surface area contributed by atoms with Crippen LogP contribution in [0.2, 0.25) is 0 Å². The smallest absolute Gasteiger partial charge is 0.288 e. The molecule has 82 valence electrons. The van der Waals surface area contributed by atoms with E-state index in [1.807, 2.05) is 19.9 Å². The van der Waals surface area contributed by atoms with E-state index in [-0.39, 0.29) is 6.42 Å². The quantitative estimate of drug-likeness (QED) is 0.481. The van der Waals surface area contributed by atoms with Gasteiger partial charge < -0.3 is 0 Å². The van der Waals surface area contributed by atoms with Crippen LogP contribution in [-0.2, 0) is 0 Å². The van der Waals surface area contributed by atoms with Crippen LogP contribution in [-0.4, -0.2) is 18.9 Å². The molecule has 0 aromatic rings. The molecule has 0 rings (SSSR count). The second-order valence-corrected chi connectivity index (χ2v) is 3.22. The Morgan fingerprint density at radius 2 is 2.07 bits per heavy atom. The maximum Gasteiger partial charge on any atom is 0.410 e. The summed E-state index contributed by atoms with van der Waals surface area (Å²) >= 11 is 0. The molecule has 0 aromatic heterocycles. The number of rotatable bonds is 5. The third-order valence-corrected chi connectivity index (χ3v) is 2.09. The van der Waals surface area contributed by atoms with Crippen molar-refractivity contribution in [3.8, 4) is 0 Å². The normalized spacial score (nSPS) is 15.4. The Kier molecular flexibility index (Phi) is 5.50. The number of halogens is 3. The Morgan fingerprint density at radius 3 is 2.43 bits per heavy atom. The van der Waals surface area contributed by atoms with Crippen molar-refractivity contribution >= 4 is 6.72 Å². The van der Waals surface area contributed by atoms with Crippen LogP contribution in [0.4, 0.5) is 13.2 Å². The molecule has 0 aliphatic heterocycles. The average Bonchev–Trinajstić information content (AvgIpc) is 2.09. The Balaban J connectivity index is 4.04. The van der Waals surface area contributed by atoms with E-state index in [1.165, 1.54) is 0 Å². The van der Waals surface area contributed by atoms with Gasteiger partial charge in [0.1, 0.15) is 6.04 Å². The summed E-state index contributed by atoms with van der Waals surface area (Å²) in [4.78, 5) is 3.08. The summed E-state index contributed by atoms with van der Waals surface area (Å²) < 4.78 is 36.5. The van der Waals surface area contributed by atoms with E-state index in [4.69, 9.17) is 0 Å².